The van der Waals surface area contributed by atoms with Gasteiger partial charge in [-0.1, -0.05) is 0 Å². The van der Waals surface area contributed by atoms with Crippen molar-refractivity contribution in [2.45, 2.75) is 52.1 Å². The van der Waals surface area contributed by atoms with Gasteiger partial charge in [0.05, 0.1) is 0 Å². The Hall–Kier alpha value is -1.10. The smallest absolute Gasteiger partial charge is 0.417 e. The van der Waals surface area contributed by atoms with Gasteiger partial charge in [0, 0.05) is 12.5 Å². The number of carbonyl (C=O) groups excluding carboxylic acids is 2. The van der Waals surface area contributed by atoms with Crippen LogP contribution in [0.15, 0.2) is 0 Å². The topological polar surface area (TPSA) is 58.6 Å². The molecule has 2 amide bonds. The Labute approximate surface area is 121 Å². The molecule has 0 aromatic carbocycles. The lowest BCUT2D eigenvalue weighted by atomic mass is 9.79. The van der Waals surface area contributed by atoms with Crippen molar-refractivity contribution in [3.05, 3.63) is 0 Å². The second kappa shape index (κ2) is 6.12. The molecule has 2 aliphatic heterocycles. The molecular weight excluding hydrogens is 256 g/mol. The van der Waals surface area contributed by atoms with Gasteiger partial charge in [-0.2, -0.15) is 0 Å². The second-order valence-electron chi connectivity index (χ2n) is 6.81. The Bertz CT molecular complexity index is 370. The molecule has 0 saturated carbocycles. The molecule has 5 heteroatoms. The predicted molar refractivity (Wildman–Crippen MR) is 76.3 cm³/mol. The number of imide groups is 1. The van der Waals surface area contributed by atoms with Crippen LogP contribution >= 0.6 is 0 Å². The highest BCUT2D eigenvalue weighted by Crippen LogP contribution is 2.31. The van der Waals surface area contributed by atoms with Gasteiger partial charge in [0.2, 0.25) is 5.91 Å². The molecule has 114 valence electrons. The number of piperidine rings is 2. The SMILES string of the molecule is CC(C)(C)OC(=O)N1CCCC(C2CCNCC2)C1=O. The summed E-state index contributed by atoms with van der Waals surface area (Å²) in [6.45, 7) is 7.91. The van der Waals surface area contributed by atoms with Crippen molar-refractivity contribution >= 4 is 12.0 Å². The van der Waals surface area contributed by atoms with Crippen LogP contribution in [0.25, 0.3) is 0 Å². The first-order valence-corrected chi connectivity index (χ1v) is 7.63. The third kappa shape index (κ3) is 3.72. The molecule has 2 fully saturated rings. The zero-order chi connectivity index (χ0) is 14.8. The van der Waals surface area contributed by atoms with E-state index in [4.69, 9.17) is 4.74 Å². The standard InChI is InChI=1S/C15H26N2O3/c1-15(2,3)20-14(19)17-10-4-5-12(13(17)18)11-6-8-16-9-7-11/h11-12,16H,4-10H2,1-3H3. The number of nitrogens with one attached hydrogen (secondary N) is 1. The first-order chi connectivity index (χ1) is 9.38. The maximum atomic E-state index is 12.6. The van der Waals surface area contributed by atoms with Gasteiger partial charge in [0.25, 0.3) is 0 Å². The van der Waals surface area contributed by atoms with E-state index in [1.54, 1.807) is 0 Å². The first-order valence-electron chi connectivity index (χ1n) is 7.63. The Morgan fingerprint density at radius 1 is 1.25 bits per heavy atom. The summed E-state index contributed by atoms with van der Waals surface area (Å²) in [4.78, 5) is 26.0. The quantitative estimate of drug-likeness (QED) is 0.800. The lowest BCUT2D eigenvalue weighted by Gasteiger charge is -2.37. The molecule has 2 heterocycles. The summed E-state index contributed by atoms with van der Waals surface area (Å²) in [5, 5.41) is 3.32. The van der Waals surface area contributed by atoms with Gasteiger partial charge in [-0.3, -0.25) is 4.79 Å². The van der Waals surface area contributed by atoms with E-state index >= 15 is 0 Å². The molecule has 0 spiro atoms. The molecule has 1 atom stereocenters. The largest absolute Gasteiger partial charge is 0.443 e. The van der Waals surface area contributed by atoms with Gasteiger partial charge in [-0.15, -0.1) is 0 Å². The molecule has 5 nitrogen and oxygen atoms in total. The fourth-order valence-corrected chi connectivity index (χ4v) is 3.09. The zero-order valence-corrected chi connectivity index (χ0v) is 12.8. The van der Waals surface area contributed by atoms with E-state index in [9.17, 15) is 9.59 Å². The minimum atomic E-state index is -0.556. The van der Waals surface area contributed by atoms with Crippen LogP contribution in [0.3, 0.4) is 0 Å². The Kier molecular flexibility index (Phi) is 4.68. The van der Waals surface area contributed by atoms with Gasteiger partial charge in [-0.25, -0.2) is 9.69 Å². The minimum absolute atomic E-state index is 0.00151. The molecule has 0 aromatic rings. The van der Waals surface area contributed by atoms with Crippen molar-refractivity contribution in [2.24, 2.45) is 11.8 Å². The average Bonchev–Trinajstić information content (AvgIpc) is 2.38. The maximum Gasteiger partial charge on any atom is 0.417 e. The van der Waals surface area contributed by atoms with E-state index in [-0.39, 0.29) is 11.8 Å². The van der Waals surface area contributed by atoms with E-state index in [1.165, 1.54) is 4.90 Å². The van der Waals surface area contributed by atoms with Gasteiger partial charge in [0.1, 0.15) is 5.60 Å². The van der Waals surface area contributed by atoms with Crippen LogP contribution in [0.4, 0.5) is 4.79 Å². The van der Waals surface area contributed by atoms with E-state index in [0.717, 1.165) is 38.8 Å². The lowest BCUT2D eigenvalue weighted by Crippen LogP contribution is -2.49. The summed E-state index contributed by atoms with van der Waals surface area (Å²) in [6, 6.07) is 0. The van der Waals surface area contributed by atoms with Crippen LogP contribution in [0, 0.1) is 11.8 Å². The predicted octanol–water partition coefficient (Wildman–Crippen LogP) is 2.16. The fourth-order valence-electron chi connectivity index (χ4n) is 3.09. The summed E-state index contributed by atoms with van der Waals surface area (Å²) in [5.74, 6) is 0.379. The van der Waals surface area contributed by atoms with Crippen LogP contribution in [0.1, 0.15) is 46.5 Å². The Morgan fingerprint density at radius 2 is 1.90 bits per heavy atom. The van der Waals surface area contributed by atoms with Crippen molar-refractivity contribution in [1.82, 2.24) is 10.2 Å². The average molecular weight is 282 g/mol. The van der Waals surface area contributed by atoms with Gasteiger partial charge < -0.3 is 10.1 Å². The molecule has 2 rings (SSSR count). The number of hydrogen-bond acceptors (Lipinski definition) is 4. The third-order valence-electron chi connectivity index (χ3n) is 4.05. The normalized spacial score (nSPS) is 25.6. The molecule has 0 aromatic heterocycles. The Morgan fingerprint density at radius 3 is 2.50 bits per heavy atom. The van der Waals surface area contributed by atoms with E-state index in [2.05, 4.69) is 5.32 Å². The number of ether oxygens (including phenoxy) is 1. The molecule has 1 N–H and O–H groups in total. The molecule has 2 saturated heterocycles. The van der Waals surface area contributed by atoms with Crippen LogP contribution in [-0.2, 0) is 9.53 Å². The highest BCUT2D eigenvalue weighted by molar-refractivity contribution is 5.94. The summed E-state index contributed by atoms with van der Waals surface area (Å²) < 4.78 is 5.34. The number of carbonyl (C=O) groups is 2. The summed E-state index contributed by atoms with van der Waals surface area (Å²) in [7, 11) is 0. The van der Waals surface area contributed by atoms with E-state index in [0.29, 0.717) is 12.5 Å². The molecule has 20 heavy (non-hydrogen) atoms. The van der Waals surface area contributed by atoms with Gasteiger partial charge >= 0.3 is 6.09 Å². The highest BCUT2D eigenvalue weighted by atomic mass is 16.6. The summed E-state index contributed by atoms with van der Waals surface area (Å²) >= 11 is 0. The number of amides is 2. The molecule has 0 bridgehead atoms. The first kappa shape index (κ1) is 15.3. The third-order valence-corrected chi connectivity index (χ3v) is 4.05. The van der Waals surface area contributed by atoms with Crippen molar-refractivity contribution in [2.75, 3.05) is 19.6 Å². The maximum absolute atomic E-state index is 12.6. The molecule has 0 aliphatic carbocycles. The van der Waals surface area contributed by atoms with E-state index < -0.39 is 11.7 Å². The number of rotatable bonds is 1. The summed E-state index contributed by atoms with van der Waals surface area (Å²) in [6.07, 6.45) is 3.36. The Balaban J connectivity index is 2.00. The van der Waals surface area contributed by atoms with Crippen LogP contribution in [0.2, 0.25) is 0 Å². The second-order valence-corrected chi connectivity index (χ2v) is 6.81. The minimum Gasteiger partial charge on any atom is -0.443 e. The van der Waals surface area contributed by atoms with Gasteiger partial charge in [-0.05, 0) is 65.5 Å². The lowest BCUT2D eigenvalue weighted by molar-refractivity contribution is -0.139. The highest BCUT2D eigenvalue weighted by Gasteiger charge is 2.39. The molecule has 0 radical (unpaired) electrons. The fraction of sp³-hybridized carbons (Fsp3) is 0.867. The number of likely N-dealkylation sites (tertiary alicyclic amines) is 1. The van der Waals surface area contributed by atoms with Crippen LogP contribution in [0.5, 0.6) is 0 Å². The zero-order valence-electron chi connectivity index (χ0n) is 12.8. The number of hydrogen-bond donors (Lipinski definition) is 1. The summed E-state index contributed by atoms with van der Waals surface area (Å²) in [5.41, 5.74) is -0.556. The molecule has 2 aliphatic rings. The van der Waals surface area contributed by atoms with E-state index in [1.807, 2.05) is 20.8 Å². The monoisotopic (exact) mass is 282 g/mol. The van der Waals surface area contributed by atoms with Crippen LogP contribution < -0.4 is 5.32 Å². The van der Waals surface area contributed by atoms with Crippen molar-refractivity contribution in [3.63, 3.8) is 0 Å². The van der Waals surface area contributed by atoms with Crippen molar-refractivity contribution in [1.29, 1.82) is 0 Å². The van der Waals surface area contributed by atoms with Gasteiger partial charge in [0.15, 0.2) is 0 Å². The number of nitrogens with zero attached hydrogens (tertiary/aromatic N) is 1. The van der Waals surface area contributed by atoms with Crippen molar-refractivity contribution < 1.29 is 14.3 Å². The molecular formula is C15H26N2O3. The van der Waals surface area contributed by atoms with Crippen LogP contribution in [-0.4, -0.2) is 42.1 Å². The molecule has 1 unspecified atom stereocenters. The van der Waals surface area contributed by atoms with Crippen molar-refractivity contribution in [3.8, 4) is 0 Å².